The Morgan fingerprint density at radius 3 is 2.50 bits per heavy atom. The predicted octanol–water partition coefficient (Wildman–Crippen LogP) is 4.00. The van der Waals surface area contributed by atoms with Gasteiger partial charge < -0.3 is 15.2 Å². The average molecular weight is 381 g/mol. The molecule has 0 saturated heterocycles. The van der Waals surface area contributed by atoms with Crippen molar-refractivity contribution >= 4 is 23.2 Å². The van der Waals surface area contributed by atoms with Gasteiger partial charge in [0.2, 0.25) is 0 Å². The standard InChI is InChI=1S/C18H17F2NO4S/c19-18(20)25-13-5-2-10(3-6-13)14-7-8-15(26-14)16(22)21-12-4-1-11(9-12)17(23)24/h2-3,5-8,11-12,18H,1,4,9H2,(H,21,22)(H,23,24)/t11-,12+/m0/s1. The summed E-state index contributed by atoms with van der Waals surface area (Å²) < 4.78 is 28.7. The van der Waals surface area contributed by atoms with Crippen LogP contribution in [-0.2, 0) is 4.79 Å². The summed E-state index contributed by atoms with van der Waals surface area (Å²) in [5, 5.41) is 11.9. The minimum Gasteiger partial charge on any atom is -0.481 e. The number of hydrogen-bond acceptors (Lipinski definition) is 4. The summed E-state index contributed by atoms with van der Waals surface area (Å²) in [6.07, 6.45) is 1.68. The molecule has 1 fully saturated rings. The molecular weight excluding hydrogens is 364 g/mol. The lowest BCUT2D eigenvalue weighted by molar-refractivity contribution is -0.141. The molecule has 1 amide bonds. The van der Waals surface area contributed by atoms with E-state index in [1.54, 1.807) is 24.3 Å². The number of carbonyl (C=O) groups excluding carboxylic acids is 1. The van der Waals surface area contributed by atoms with E-state index in [0.29, 0.717) is 24.1 Å². The van der Waals surface area contributed by atoms with Gasteiger partial charge in [0.15, 0.2) is 0 Å². The van der Waals surface area contributed by atoms with Crippen LogP contribution in [0.5, 0.6) is 5.75 Å². The summed E-state index contributed by atoms with van der Waals surface area (Å²) in [5.74, 6) is -1.37. The number of halogens is 2. The number of ether oxygens (including phenoxy) is 1. The summed E-state index contributed by atoms with van der Waals surface area (Å²) in [5.41, 5.74) is 0.794. The van der Waals surface area contributed by atoms with Crippen molar-refractivity contribution in [3.8, 4) is 16.2 Å². The molecule has 0 unspecified atom stereocenters. The minimum absolute atomic E-state index is 0.0764. The van der Waals surface area contributed by atoms with Gasteiger partial charge in [-0.2, -0.15) is 8.78 Å². The Kier molecular flexibility index (Phi) is 5.51. The second-order valence-electron chi connectivity index (χ2n) is 6.09. The van der Waals surface area contributed by atoms with E-state index in [0.717, 1.165) is 10.4 Å². The number of hydrogen-bond donors (Lipinski definition) is 2. The first-order valence-corrected chi connectivity index (χ1v) is 8.93. The largest absolute Gasteiger partial charge is 0.481 e. The van der Waals surface area contributed by atoms with Gasteiger partial charge in [-0.05, 0) is 61.2 Å². The molecule has 1 aliphatic rings. The highest BCUT2D eigenvalue weighted by molar-refractivity contribution is 7.17. The fourth-order valence-electron chi connectivity index (χ4n) is 3.01. The normalized spacial score (nSPS) is 19.5. The van der Waals surface area contributed by atoms with E-state index in [4.69, 9.17) is 5.11 Å². The third-order valence-electron chi connectivity index (χ3n) is 4.31. The van der Waals surface area contributed by atoms with Crippen LogP contribution in [0.4, 0.5) is 8.78 Å². The van der Waals surface area contributed by atoms with Crippen molar-refractivity contribution in [1.82, 2.24) is 5.32 Å². The molecule has 1 aromatic heterocycles. The first-order valence-electron chi connectivity index (χ1n) is 8.11. The van der Waals surface area contributed by atoms with E-state index in [9.17, 15) is 18.4 Å². The lowest BCUT2D eigenvalue weighted by Crippen LogP contribution is -2.32. The zero-order valence-corrected chi connectivity index (χ0v) is 14.5. The summed E-state index contributed by atoms with van der Waals surface area (Å²) in [6, 6.07) is 9.57. The van der Waals surface area contributed by atoms with Crippen LogP contribution in [0.2, 0.25) is 0 Å². The number of benzene rings is 1. The molecule has 1 aromatic carbocycles. The van der Waals surface area contributed by atoms with Crippen molar-refractivity contribution in [3.63, 3.8) is 0 Å². The molecule has 3 rings (SSSR count). The van der Waals surface area contributed by atoms with Gasteiger partial charge in [0.25, 0.3) is 5.91 Å². The Morgan fingerprint density at radius 1 is 1.15 bits per heavy atom. The van der Waals surface area contributed by atoms with Crippen molar-refractivity contribution in [3.05, 3.63) is 41.3 Å². The minimum atomic E-state index is -2.87. The van der Waals surface area contributed by atoms with E-state index < -0.39 is 18.5 Å². The summed E-state index contributed by atoms with van der Waals surface area (Å²) >= 11 is 1.29. The molecule has 8 heteroatoms. The van der Waals surface area contributed by atoms with Crippen LogP contribution in [-0.4, -0.2) is 29.6 Å². The third-order valence-corrected chi connectivity index (χ3v) is 5.44. The van der Waals surface area contributed by atoms with Crippen LogP contribution < -0.4 is 10.1 Å². The van der Waals surface area contributed by atoms with E-state index in [-0.39, 0.29) is 17.7 Å². The first kappa shape index (κ1) is 18.3. The molecule has 1 aliphatic carbocycles. The fraction of sp³-hybridized carbons (Fsp3) is 0.333. The highest BCUT2D eigenvalue weighted by Gasteiger charge is 2.30. The number of carboxylic acid groups (broad SMARTS) is 1. The zero-order valence-electron chi connectivity index (χ0n) is 13.7. The number of alkyl halides is 2. The number of carboxylic acids is 1. The van der Waals surface area contributed by atoms with E-state index in [1.807, 2.05) is 0 Å². The van der Waals surface area contributed by atoms with Gasteiger partial charge >= 0.3 is 12.6 Å². The Hall–Kier alpha value is -2.48. The molecule has 0 spiro atoms. The van der Waals surface area contributed by atoms with Crippen LogP contribution in [0.1, 0.15) is 28.9 Å². The molecule has 138 valence electrons. The van der Waals surface area contributed by atoms with Crippen molar-refractivity contribution in [1.29, 1.82) is 0 Å². The lowest BCUT2D eigenvalue weighted by atomic mass is 10.1. The Bertz CT molecular complexity index is 791. The van der Waals surface area contributed by atoms with Gasteiger partial charge in [0, 0.05) is 10.9 Å². The SMILES string of the molecule is O=C(N[C@@H]1CC[C@H](C(=O)O)C1)c1ccc(-c2ccc(OC(F)F)cc2)s1. The molecule has 2 aromatic rings. The Labute approximate surface area is 152 Å². The Balaban J connectivity index is 1.62. The molecule has 0 radical (unpaired) electrons. The molecule has 0 bridgehead atoms. The van der Waals surface area contributed by atoms with Crippen molar-refractivity contribution in [2.24, 2.45) is 5.92 Å². The number of carbonyl (C=O) groups is 2. The topological polar surface area (TPSA) is 75.6 Å². The average Bonchev–Trinajstić information content (AvgIpc) is 3.24. The van der Waals surface area contributed by atoms with Gasteiger partial charge in [-0.25, -0.2) is 0 Å². The number of rotatable bonds is 6. The van der Waals surface area contributed by atoms with E-state index in [1.165, 1.54) is 23.5 Å². The molecule has 5 nitrogen and oxygen atoms in total. The van der Waals surface area contributed by atoms with Crippen LogP contribution in [0.25, 0.3) is 10.4 Å². The predicted molar refractivity (Wildman–Crippen MR) is 92.6 cm³/mol. The molecule has 2 N–H and O–H groups in total. The molecule has 1 heterocycles. The number of thiophene rings is 1. The molecule has 1 saturated carbocycles. The van der Waals surface area contributed by atoms with E-state index in [2.05, 4.69) is 10.1 Å². The van der Waals surface area contributed by atoms with Gasteiger partial charge in [-0.15, -0.1) is 11.3 Å². The van der Waals surface area contributed by atoms with Gasteiger partial charge in [-0.3, -0.25) is 9.59 Å². The Morgan fingerprint density at radius 2 is 1.88 bits per heavy atom. The molecule has 0 aliphatic heterocycles. The van der Waals surface area contributed by atoms with Crippen molar-refractivity contribution in [2.45, 2.75) is 31.9 Å². The fourth-order valence-corrected chi connectivity index (χ4v) is 3.92. The highest BCUT2D eigenvalue weighted by Crippen LogP contribution is 2.31. The maximum atomic E-state index is 12.3. The molecular formula is C18H17F2NO4S. The molecule has 26 heavy (non-hydrogen) atoms. The van der Waals surface area contributed by atoms with Crippen LogP contribution in [0, 0.1) is 5.92 Å². The van der Waals surface area contributed by atoms with E-state index >= 15 is 0 Å². The van der Waals surface area contributed by atoms with Gasteiger partial charge in [0.1, 0.15) is 5.75 Å². The highest BCUT2D eigenvalue weighted by atomic mass is 32.1. The zero-order chi connectivity index (χ0) is 18.7. The maximum Gasteiger partial charge on any atom is 0.387 e. The maximum absolute atomic E-state index is 12.3. The third kappa shape index (κ3) is 4.37. The van der Waals surface area contributed by atoms with Crippen molar-refractivity contribution < 1.29 is 28.2 Å². The second-order valence-corrected chi connectivity index (χ2v) is 7.17. The monoisotopic (exact) mass is 381 g/mol. The summed E-state index contributed by atoms with van der Waals surface area (Å²) in [6.45, 7) is -2.87. The summed E-state index contributed by atoms with van der Waals surface area (Å²) in [7, 11) is 0. The lowest BCUT2D eigenvalue weighted by Gasteiger charge is -2.11. The van der Waals surface area contributed by atoms with Crippen LogP contribution in [0.15, 0.2) is 36.4 Å². The van der Waals surface area contributed by atoms with Gasteiger partial charge in [0.05, 0.1) is 10.8 Å². The molecule has 2 atom stereocenters. The van der Waals surface area contributed by atoms with Crippen molar-refractivity contribution in [2.75, 3.05) is 0 Å². The van der Waals surface area contributed by atoms with Gasteiger partial charge in [-0.1, -0.05) is 0 Å². The number of amides is 1. The van der Waals surface area contributed by atoms with Crippen LogP contribution in [0.3, 0.4) is 0 Å². The van der Waals surface area contributed by atoms with Crippen LogP contribution >= 0.6 is 11.3 Å². The number of nitrogens with one attached hydrogen (secondary N) is 1. The smallest absolute Gasteiger partial charge is 0.387 e. The number of aliphatic carboxylic acids is 1. The quantitative estimate of drug-likeness (QED) is 0.793. The summed E-state index contributed by atoms with van der Waals surface area (Å²) in [4.78, 5) is 24.7. The first-order chi connectivity index (χ1) is 12.4. The second kappa shape index (κ2) is 7.82.